The van der Waals surface area contributed by atoms with E-state index in [-0.39, 0.29) is 23.8 Å². The van der Waals surface area contributed by atoms with Gasteiger partial charge in [0.15, 0.2) is 0 Å². The summed E-state index contributed by atoms with van der Waals surface area (Å²) in [5.41, 5.74) is -0.116. The minimum absolute atomic E-state index is 0.00843. The van der Waals surface area contributed by atoms with Gasteiger partial charge in [-0.15, -0.1) is 0 Å². The molecular weight excluding hydrogens is 316 g/mol. The topological polar surface area (TPSA) is 69.6 Å². The van der Waals surface area contributed by atoms with Crippen molar-refractivity contribution in [1.29, 1.82) is 0 Å². The van der Waals surface area contributed by atoms with Gasteiger partial charge in [-0.25, -0.2) is 0 Å². The molecule has 5 nitrogen and oxygen atoms in total. The Hall–Kier alpha value is -1.88. The van der Waals surface area contributed by atoms with Gasteiger partial charge in [-0.05, 0) is 31.7 Å². The molecule has 0 spiro atoms. The van der Waals surface area contributed by atoms with Crippen LogP contribution in [0, 0.1) is 5.92 Å². The zero-order chi connectivity index (χ0) is 18.0. The molecule has 1 aliphatic carbocycles. The number of benzene rings is 1. The van der Waals surface area contributed by atoms with Gasteiger partial charge in [-0.3, -0.25) is 9.59 Å². The number of aliphatic hydroxyl groups is 1. The second kappa shape index (κ2) is 7.16. The molecule has 1 aromatic carbocycles. The van der Waals surface area contributed by atoms with Crippen LogP contribution >= 0.6 is 0 Å². The molecule has 1 saturated heterocycles. The highest BCUT2D eigenvalue weighted by Crippen LogP contribution is 2.37. The maximum absolute atomic E-state index is 12.7. The van der Waals surface area contributed by atoms with Crippen LogP contribution in [-0.2, 0) is 9.59 Å². The Kier molecular flexibility index (Phi) is 5.13. The molecule has 1 aromatic rings. The summed E-state index contributed by atoms with van der Waals surface area (Å²) in [6.07, 6.45) is 4.44. The normalized spacial score (nSPS) is 30.3. The standard InChI is InChI=1S/C20H28N2O3/c1-14(23)22-13-12-20(2,25)18(17(22)15-8-4-3-5-9-15)21-19(24)16-10-6-7-11-16/h3-5,8-9,16-18,25H,6-7,10-13H2,1-2H3,(H,21,24)/t17-,18-,20+/m0/s1. The largest absolute Gasteiger partial charge is 0.388 e. The number of amides is 2. The van der Waals surface area contributed by atoms with Crippen LogP contribution in [0.25, 0.3) is 0 Å². The zero-order valence-corrected chi connectivity index (χ0v) is 15.1. The van der Waals surface area contributed by atoms with E-state index in [9.17, 15) is 14.7 Å². The number of carbonyl (C=O) groups is 2. The maximum atomic E-state index is 12.7. The summed E-state index contributed by atoms with van der Waals surface area (Å²) in [7, 11) is 0. The van der Waals surface area contributed by atoms with Gasteiger partial charge in [0.05, 0.1) is 17.7 Å². The molecule has 2 amide bonds. The molecular formula is C20H28N2O3. The first-order valence-corrected chi connectivity index (χ1v) is 9.25. The fourth-order valence-electron chi connectivity index (χ4n) is 4.23. The van der Waals surface area contributed by atoms with Crippen molar-refractivity contribution in [2.75, 3.05) is 6.54 Å². The second-order valence-corrected chi connectivity index (χ2v) is 7.64. The quantitative estimate of drug-likeness (QED) is 0.885. The number of likely N-dealkylation sites (tertiary alicyclic amines) is 1. The maximum Gasteiger partial charge on any atom is 0.223 e. The van der Waals surface area contributed by atoms with Gasteiger partial charge < -0.3 is 15.3 Å². The van der Waals surface area contributed by atoms with Crippen LogP contribution in [0.1, 0.15) is 57.6 Å². The van der Waals surface area contributed by atoms with E-state index in [1.807, 2.05) is 30.3 Å². The Labute approximate surface area is 149 Å². The van der Waals surface area contributed by atoms with E-state index in [2.05, 4.69) is 5.32 Å². The Morgan fingerprint density at radius 3 is 2.44 bits per heavy atom. The number of rotatable bonds is 3. The van der Waals surface area contributed by atoms with Gasteiger partial charge in [0.2, 0.25) is 11.8 Å². The number of nitrogens with one attached hydrogen (secondary N) is 1. The minimum Gasteiger partial charge on any atom is -0.388 e. The van der Waals surface area contributed by atoms with Crippen LogP contribution in [0.5, 0.6) is 0 Å². The number of nitrogens with zero attached hydrogens (tertiary/aromatic N) is 1. The van der Waals surface area contributed by atoms with Gasteiger partial charge in [0, 0.05) is 19.4 Å². The summed E-state index contributed by atoms with van der Waals surface area (Å²) in [4.78, 5) is 26.7. The van der Waals surface area contributed by atoms with Crippen LogP contribution in [0.4, 0.5) is 0 Å². The van der Waals surface area contributed by atoms with E-state index < -0.39 is 11.6 Å². The van der Waals surface area contributed by atoms with Crippen molar-refractivity contribution in [2.24, 2.45) is 5.92 Å². The molecule has 0 aromatic heterocycles. The molecule has 1 aliphatic heterocycles. The zero-order valence-electron chi connectivity index (χ0n) is 15.1. The first-order valence-electron chi connectivity index (χ1n) is 9.25. The van der Waals surface area contributed by atoms with Crippen molar-refractivity contribution in [2.45, 2.75) is 63.6 Å². The number of hydrogen-bond donors (Lipinski definition) is 2. The van der Waals surface area contributed by atoms with E-state index in [0.717, 1.165) is 31.2 Å². The van der Waals surface area contributed by atoms with Crippen molar-refractivity contribution in [3.8, 4) is 0 Å². The number of hydrogen-bond acceptors (Lipinski definition) is 3. The van der Waals surface area contributed by atoms with Crippen molar-refractivity contribution >= 4 is 11.8 Å². The Morgan fingerprint density at radius 2 is 1.84 bits per heavy atom. The van der Waals surface area contributed by atoms with Crippen LogP contribution in [-0.4, -0.2) is 40.0 Å². The smallest absolute Gasteiger partial charge is 0.223 e. The van der Waals surface area contributed by atoms with Crippen LogP contribution in [0.2, 0.25) is 0 Å². The molecule has 0 unspecified atom stereocenters. The summed E-state index contributed by atoms with van der Waals surface area (Å²) < 4.78 is 0. The van der Waals surface area contributed by atoms with Gasteiger partial charge >= 0.3 is 0 Å². The van der Waals surface area contributed by atoms with Crippen molar-refractivity contribution in [3.05, 3.63) is 35.9 Å². The number of piperidine rings is 1. The van der Waals surface area contributed by atoms with Crippen molar-refractivity contribution in [1.82, 2.24) is 10.2 Å². The molecule has 3 rings (SSSR count). The lowest BCUT2D eigenvalue weighted by Crippen LogP contribution is -2.63. The van der Waals surface area contributed by atoms with E-state index in [4.69, 9.17) is 0 Å². The van der Waals surface area contributed by atoms with E-state index >= 15 is 0 Å². The average Bonchev–Trinajstić information content (AvgIpc) is 3.11. The summed E-state index contributed by atoms with van der Waals surface area (Å²) in [6, 6.07) is 8.82. The highest BCUT2D eigenvalue weighted by atomic mass is 16.3. The summed E-state index contributed by atoms with van der Waals surface area (Å²) in [5.74, 6) is -0.00138. The van der Waals surface area contributed by atoms with E-state index in [1.165, 1.54) is 0 Å². The lowest BCUT2D eigenvalue weighted by atomic mass is 9.79. The van der Waals surface area contributed by atoms with Gasteiger partial charge in [0.1, 0.15) is 0 Å². The van der Waals surface area contributed by atoms with Crippen molar-refractivity contribution in [3.63, 3.8) is 0 Å². The molecule has 2 N–H and O–H groups in total. The molecule has 0 radical (unpaired) electrons. The fraction of sp³-hybridized carbons (Fsp3) is 0.600. The second-order valence-electron chi connectivity index (χ2n) is 7.64. The highest BCUT2D eigenvalue weighted by Gasteiger charge is 2.47. The van der Waals surface area contributed by atoms with Crippen molar-refractivity contribution < 1.29 is 14.7 Å². The minimum atomic E-state index is -1.05. The van der Waals surface area contributed by atoms with Gasteiger partial charge in [0.25, 0.3) is 0 Å². The predicted octanol–water partition coefficient (Wildman–Crippen LogP) is 2.41. The first-order chi connectivity index (χ1) is 11.9. The van der Waals surface area contributed by atoms with E-state index in [1.54, 1.807) is 18.7 Å². The molecule has 5 heteroatoms. The molecule has 25 heavy (non-hydrogen) atoms. The fourth-order valence-corrected chi connectivity index (χ4v) is 4.23. The highest BCUT2D eigenvalue weighted by molar-refractivity contribution is 5.80. The SMILES string of the molecule is CC(=O)N1CC[C@@](C)(O)[C@@H](NC(=O)C2CCCC2)[C@@H]1c1ccccc1. The Bertz CT molecular complexity index is 623. The van der Waals surface area contributed by atoms with Crippen LogP contribution in [0.15, 0.2) is 30.3 Å². The Balaban J connectivity index is 1.92. The average molecular weight is 344 g/mol. The lowest BCUT2D eigenvalue weighted by molar-refractivity contribution is -0.145. The summed E-state index contributed by atoms with van der Waals surface area (Å²) >= 11 is 0. The third-order valence-corrected chi connectivity index (χ3v) is 5.75. The van der Waals surface area contributed by atoms with Gasteiger partial charge in [-0.1, -0.05) is 43.2 Å². The molecule has 1 saturated carbocycles. The molecule has 2 fully saturated rings. The summed E-state index contributed by atoms with van der Waals surface area (Å²) in [5, 5.41) is 14.1. The number of carbonyl (C=O) groups excluding carboxylic acids is 2. The monoisotopic (exact) mass is 344 g/mol. The molecule has 0 bridgehead atoms. The predicted molar refractivity (Wildman–Crippen MR) is 95.7 cm³/mol. The molecule has 1 heterocycles. The molecule has 2 aliphatic rings. The van der Waals surface area contributed by atoms with Gasteiger partial charge in [-0.2, -0.15) is 0 Å². The lowest BCUT2D eigenvalue weighted by Gasteiger charge is -2.49. The first kappa shape index (κ1) is 17.9. The summed E-state index contributed by atoms with van der Waals surface area (Å²) in [6.45, 7) is 3.80. The van der Waals surface area contributed by atoms with Crippen LogP contribution in [0.3, 0.4) is 0 Å². The molecule has 136 valence electrons. The van der Waals surface area contributed by atoms with Crippen LogP contribution < -0.4 is 5.32 Å². The van der Waals surface area contributed by atoms with E-state index in [0.29, 0.717) is 13.0 Å². The third-order valence-electron chi connectivity index (χ3n) is 5.75. The molecule has 3 atom stereocenters. The third kappa shape index (κ3) is 3.71. The Morgan fingerprint density at radius 1 is 1.20 bits per heavy atom.